The highest BCUT2D eigenvalue weighted by molar-refractivity contribution is 5.81. The largest absolute Gasteiger partial charge is 0.353 e. The average molecular weight is 255 g/mol. The van der Waals surface area contributed by atoms with Gasteiger partial charge in [0.25, 0.3) is 0 Å². The first-order chi connectivity index (χ1) is 8.56. The van der Waals surface area contributed by atoms with Crippen LogP contribution in [0.15, 0.2) is 0 Å². The average Bonchev–Trinajstić information content (AvgIpc) is 2.43. The third-order valence-corrected chi connectivity index (χ3v) is 4.15. The predicted molar refractivity (Wildman–Crippen MR) is 75.3 cm³/mol. The minimum Gasteiger partial charge on any atom is -0.353 e. The molecule has 0 aliphatic carbocycles. The molecule has 0 spiro atoms. The summed E-state index contributed by atoms with van der Waals surface area (Å²) in [6, 6.07) is 0.0435. The van der Waals surface area contributed by atoms with Crippen LogP contribution in [0.1, 0.15) is 46.5 Å². The summed E-state index contributed by atoms with van der Waals surface area (Å²) in [4.78, 5) is 14.3. The lowest BCUT2D eigenvalue weighted by molar-refractivity contribution is -0.123. The predicted octanol–water partition coefficient (Wildman–Crippen LogP) is 1.35. The van der Waals surface area contributed by atoms with Crippen molar-refractivity contribution in [3.05, 3.63) is 0 Å². The summed E-state index contributed by atoms with van der Waals surface area (Å²) in [6.45, 7) is 9.30. The monoisotopic (exact) mass is 255 g/mol. The second-order valence-corrected chi connectivity index (χ2v) is 5.60. The maximum Gasteiger partial charge on any atom is 0.237 e. The number of nitrogens with one attached hydrogen (secondary N) is 1. The van der Waals surface area contributed by atoms with Crippen molar-refractivity contribution < 1.29 is 4.79 Å². The van der Waals surface area contributed by atoms with Gasteiger partial charge in [-0.2, -0.15) is 0 Å². The third-order valence-electron chi connectivity index (χ3n) is 4.15. The van der Waals surface area contributed by atoms with E-state index in [4.69, 9.17) is 5.73 Å². The van der Waals surface area contributed by atoms with Crippen molar-refractivity contribution in [2.45, 2.75) is 58.5 Å². The molecule has 1 aliphatic rings. The number of hydrogen-bond donors (Lipinski definition) is 2. The Bertz CT molecular complexity index is 251. The van der Waals surface area contributed by atoms with Crippen LogP contribution in [0.25, 0.3) is 0 Å². The van der Waals surface area contributed by atoms with E-state index < -0.39 is 0 Å². The van der Waals surface area contributed by atoms with Gasteiger partial charge in [-0.15, -0.1) is 0 Å². The first-order valence-corrected chi connectivity index (χ1v) is 7.33. The Morgan fingerprint density at radius 1 is 1.28 bits per heavy atom. The second-order valence-electron chi connectivity index (χ2n) is 5.60. The lowest BCUT2D eigenvalue weighted by Gasteiger charge is -2.32. The highest BCUT2D eigenvalue weighted by Crippen LogP contribution is 2.11. The number of likely N-dealkylation sites (tertiary alicyclic amines) is 1. The van der Waals surface area contributed by atoms with Crippen LogP contribution in [0.3, 0.4) is 0 Å². The number of amides is 1. The fraction of sp³-hybridized carbons (Fsp3) is 0.929. The molecule has 4 nitrogen and oxygen atoms in total. The highest BCUT2D eigenvalue weighted by Gasteiger charge is 2.21. The molecule has 1 fully saturated rings. The van der Waals surface area contributed by atoms with Crippen LogP contribution in [-0.2, 0) is 4.79 Å². The quantitative estimate of drug-likeness (QED) is 0.753. The topological polar surface area (TPSA) is 58.4 Å². The zero-order valence-electron chi connectivity index (χ0n) is 12.1. The normalized spacial score (nSPS) is 22.2. The van der Waals surface area contributed by atoms with Crippen LogP contribution < -0.4 is 11.1 Å². The number of carbonyl (C=O) groups excluding carboxylic acids is 1. The Kier molecular flexibility index (Phi) is 6.65. The standard InChI is InChI=1S/C14H29N3O/c1-4-11(2)13(15)14(18)16-10-12(3)17-8-6-5-7-9-17/h11-13H,4-10,15H2,1-3H3,(H,16,18)/t11-,12?,13-/m0/s1. The molecule has 0 aromatic heterocycles. The van der Waals surface area contributed by atoms with Crippen molar-refractivity contribution in [2.75, 3.05) is 19.6 Å². The molecule has 1 saturated heterocycles. The summed E-state index contributed by atoms with van der Waals surface area (Å²) >= 11 is 0. The summed E-state index contributed by atoms with van der Waals surface area (Å²) in [5.41, 5.74) is 5.91. The maximum absolute atomic E-state index is 11.9. The first kappa shape index (κ1) is 15.4. The number of nitrogens with zero attached hydrogens (tertiary/aromatic N) is 1. The SMILES string of the molecule is CC[C@H](C)[C@H](N)C(=O)NCC(C)N1CCCCC1. The van der Waals surface area contributed by atoms with Crippen molar-refractivity contribution in [1.29, 1.82) is 0 Å². The van der Waals surface area contributed by atoms with Gasteiger partial charge < -0.3 is 11.1 Å². The minimum atomic E-state index is -0.372. The molecule has 1 aliphatic heterocycles. The van der Waals surface area contributed by atoms with Gasteiger partial charge in [-0.1, -0.05) is 26.7 Å². The molecule has 0 bridgehead atoms. The van der Waals surface area contributed by atoms with E-state index in [1.807, 2.05) is 6.92 Å². The molecule has 1 unspecified atom stereocenters. The highest BCUT2D eigenvalue weighted by atomic mass is 16.2. The molecule has 0 aromatic carbocycles. The molecule has 3 atom stereocenters. The molecular weight excluding hydrogens is 226 g/mol. The van der Waals surface area contributed by atoms with Crippen LogP contribution in [0.2, 0.25) is 0 Å². The molecule has 0 radical (unpaired) electrons. The maximum atomic E-state index is 11.9. The van der Waals surface area contributed by atoms with Gasteiger partial charge >= 0.3 is 0 Å². The van der Waals surface area contributed by atoms with Crippen LogP contribution in [0.5, 0.6) is 0 Å². The van der Waals surface area contributed by atoms with Crippen LogP contribution in [-0.4, -0.2) is 42.5 Å². The number of nitrogens with two attached hydrogens (primary N) is 1. The smallest absolute Gasteiger partial charge is 0.237 e. The van der Waals surface area contributed by atoms with E-state index in [0.717, 1.165) is 19.5 Å². The molecule has 3 N–H and O–H groups in total. The van der Waals surface area contributed by atoms with E-state index in [1.54, 1.807) is 0 Å². The molecule has 1 heterocycles. The Balaban J connectivity index is 2.28. The van der Waals surface area contributed by atoms with Gasteiger partial charge in [0.1, 0.15) is 0 Å². The van der Waals surface area contributed by atoms with Gasteiger partial charge in [-0.25, -0.2) is 0 Å². The third kappa shape index (κ3) is 4.58. The van der Waals surface area contributed by atoms with Gasteiger partial charge in [0.15, 0.2) is 0 Å². The van der Waals surface area contributed by atoms with E-state index in [9.17, 15) is 4.79 Å². The second kappa shape index (κ2) is 7.74. The Morgan fingerprint density at radius 2 is 1.89 bits per heavy atom. The lowest BCUT2D eigenvalue weighted by atomic mass is 9.99. The van der Waals surface area contributed by atoms with Gasteiger partial charge in [0, 0.05) is 12.6 Å². The Labute approximate surface area is 111 Å². The lowest BCUT2D eigenvalue weighted by Crippen LogP contribution is -2.49. The molecule has 1 rings (SSSR count). The van der Waals surface area contributed by atoms with Crippen molar-refractivity contribution in [3.8, 4) is 0 Å². The van der Waals surface area contributed by atoms with Crippen molar-refractivity contribution >= 4 is 5.91 Å². The van der Waals surface area contributed by atoms with Crippen molar-refractivity contribution in [3.63, 3.8) is 0 Å². The van der Waals surface area contributed by atoms with Gasteiger partial charge in [-0.3, -0.25) is 9.69 Å². The van der Waals surface area contributed by atoms with E-state index in [2.05, 4.69) is 24.1 Å². The zero-order chi connectivity index (χ0) is 13.5. The molecule has 18 heavy (non-hydrogen) atoms. The number of hydrogen-bond acceptors (Lipinski definition) is 3. The number of carbonyl (C=O) groups is 1. The Morgan fingerprint density at radius 3 is 2.44 bits per heavy atom. The van der Waals surface area contributed by atoms with E-state index in [-0.39, 0.29) is 17.9 Å². The number of piperidine rings is 1. The summed E-state index contributed by atoms with van der Waals surface area (Å²) in [7, 11) is 0. The molecule has 1 amide bonds. The minimum absolute atomic E-state index is 0.00629. The fourth-order valence-electron chi connectivity index (χ4n) is 2.37. The molecule has 0 saturated carbocycles. The van der Waals surface area contributed by atoms with Crippen molar-refractivity contribution in [1.82, 2.24) is 10.2 Å². The Hall–Kier alpha value is -0.610. The fourth-order valence-corrected chi connectivity index (χ4v) is 2.37. The molecule has 4 heteroatoms. The molecule has 0 aromatic rings. The van der Waals surface area contributed by atoms with E-state index in [0.29, 0.717) is 12.6 Å². The zero-order valence-corrected chi connectivity index (χ0v) is 12.1. The summed E-state index contributed by atoms with van der Waals surface area (Å²) in [5, 5.41) is 2.99. The molecular formula is C14H29N3O. The van der Waals surface area contributed by atoms with Crippen LogP contribution in [0, 0.1) is 5.92 Å². The van der Waals surface area contributed by atoms with E-state index in [1.165, 1.54) is 19.3 Å². The summed E-state index contributed by atoms with van der Waals surface area (Å²) < 4.78 is 0. The van der Waals surface area contributed by atoms with Gasteiger partial charge in [0.2, 0.25) is 5.91 Å². The first-order valence-electron chi connectivity index (χ1n) is 7.33. The van der Waals surface area contributed by atoms with Crippen LogP contribution >= 0.6 is 0 Å². The van der Waals surface area contributed by atoms with Crippen LogP contribution in [0.4, 0.5) is 0 Å². The molecule has 106 valence electrons. The van der Waals surface area contributed by atoms with Gasteiger partial charge in [-0.05, 0) is 38.8 Å². The summed E-state index contributed by atoms with van der Waals surface area (Å²) in [5.74, 6) is 0.239. The number of rotatable bonds is 6. The summed E-state index contributed by atoms with van der Waals surface area (Å²) in [6.07, 6.45) is 4.85. The van der Waals surface area contributed by atoms with Crippen molar-refractivity contribution in [2.24, 2.45) is 11.7 Å². The van der Waals surface area contributed by atoms with E-state index >= 15 is 0 Å². The van der Waals surface area contributed by atoms with Gasteiger partial charge in [0.05, 0.1) is 6.04 Å².